The van der Waals surface area contributed by atoms with E-state index in [4.69, 9.17) is 5.73 Å². The van der Waals surface area contributed by atoms with E-state index in [1.807, 2.05) is 6.20 Å². The quantitative estimate of drug-likeness (QED) is 0.285. The van der Waals surface area contributed by atoms with Crippen LogP contribution < -0.4 is 11.1 Å². The lowest BCUT2D eigenvalue weighted by atomic mass is 10.2. The second-order valence-electron chi connectivity index (χ2n) is 5.03. The van der Waals surface area contributed by atoms with E-state index < -0.39 is 0 Å². The molecule has 0 saturated heterocycles. The van der Waals surface area contributed by atoms with Crippen LogP contribution in [-0.2, 0) is 6.42 Å². The van der Waals surface area contributed by atoms with E-state index >= 15 is 0 Å². The molecule has 1 heterocycles. The normalized spacial score (nSPS) is 11.6. The van der Waals surface area contributed by atoms with E-state index in [1.54, 1.807) is 30.2 Å². The van der Waals surface area contributed by atoms with Crippen LogP contribution in [0.15, 0.2) is 46.7 Å². The molecule has 1 aromatic heterocycles. The number of rotatable bonds is 9. The molecular weight excluding hydrogens is 313 g/mol. The Labute approximate surface area is 140 Å². The molecule has 124 valence electrons. The summed E-state index contributed by atoms with van der Waals surface area (Å²) in [6.45, 7) is 1.48. The molecule has 4 N–H and O–H groups in total. The molecule has 0 aliphatic heterocycles. The minimum absolute atomic E-state index is 0.203. The third-order valence-corrected chi connectivity index (χ3v) is 4.25. The van der Waals surface area contributed by atoms with Crippen molar-refractivity contribution in [3.63, 3.8) is 0 Å². The fourth-order valence-corrected chi connectivity index (χ4v) is 2.80. The minimum atomic E-state index is -0.203. The summed E-state index contributed by atoms with van der Waals surface area (Å²) in [4.78, 5) is 12.4. The first-order chi connectivity index (χ1) is 11.2. The number of hydrogen-bond donors (Lipinski definition) is 3. The number of nitrogens with one attached hydrogen (secondary N) is 2. The third-order valence-electron chi connectivity index (χ3n) is 3.15. The number of imidazole rings is 1. The number of nitrogens with zero attached hydrogens (tertiary/aromatic N) is 2. The van der Waals surface area contributed by atoms with Crippen LogP contribution >= 0.6 is 11.8 Å². The zero-order chi connectivity index (χ0) is 16.3. The average molecular weight is 335 g/mol. The molecule has 0 saturated carbocycles. The molecule has 0 spiro atoms. The maximum Gasteiger partial charge on any atom is 0.188 e. The highest BCUT2D eigenvalue weighted by molar-refractivity contribution is 7.99. The molecule has 0 radical (unpaired) electrons. The SMILES string of the molecule is NC(=NCCCSc1ccc(F)cc1)NCCCc1cnc[nH]1. The number of hydrogen-bond acceptors (Lipinski definition) is 3. The van der Waals surface area contributed by atoms with Crippen LogP contribution in [0.2, 0.25) is 0 Å². The Bertz CT molecular complexity index is 583. The number of nitrogens with two attached hydrogens (primary N) is 1. The number of aliphatic imine (C=N–C) groups is 1. The summed E-state index contributed by atoms with van der Waals surface area (Å²) >= 11 is 1.69. The fraction of sp³-hybridized carbons (Fsp3) is 0.375. The van der Waals surface area contributed by atoms with Gasteiger partial charge in [0, 0.05) is 29.9 Å². The maximum atomic E-state index is 12.8. The Morgan fingerprint density at radius 3 is 2.87 bits per heavy atom. The molecule has 0 unspecified atom stereocenters. The highest BCUT2D eigenvalue weighted by atomic mass is 32.2. The number of aromatic amines is 1. The molecular formula is C16H22FN5S. The standard InChI is InChI=1S/C16H22FN5S/c17-13-4-6-15(7-5-13)23-10-2-9-21-16(18)20-8-1-3-14-11-19-12-22-14/h4-7,11-12H,1-3,8-10H2,(H,19,22)(H3,18,20,21). The number of aromatic nitrogens is 2. The Morgan fingerprint density at radius 1 is 1.30 bits per heavy atom. The Hall–Kier alpha value is -2.02. The monoisotopic (exact) mass is 335 g/mol. The third kappa shape index (κ3) is 7.19. The van der Waals surface area contributed by atoms with E-state index in [0.29, 0.717) is 12.5 Å². The molecule has 0 aliphatic carbocycles. The number of benzene rings is 1. The molecule has 0 fully saturated rings. The summed E-state index contributed by atoms with van der Waals surface area (Å²) in [7, 11) is 0. The minimum Gasteiger partial charge on any atom is -0.370 e. The lowest BCUT2D eigenvalue weighted by molar-refractivity contribution is 0.626. The van der Waals surface area contributed by atoms with Crippen LogP contribution in [0.25, 0.3) is 0 Å². The molecule has 2 rings (SSSR count). The van der Waals surface area contributed by atoms with Gasteiger partial charge < -0.3 is 16.0 Å². The van der Waals surface area contributed by atoms with Crippen LogP contribution in [0, 0.1) is 5.82 Å². The van der Waals surface area contributed by atoms with Crippen LogP contribution in [0.5, 0.6) is 0 Å². The highest BCUT2D eigenvalue weighted by Gasteiger charge is 1.97. The van der Waals surface area contributed by atoms with Crippen molar-refractivity contribution >= 4 is 17.7 Å². The predicted octanol–water partition coefficient (Wildman–Crippen LogP) is 2.57. The van der Waals surface area contributed by atoms with Crippen LogP contribution in [-0.4, -0.2) is 34.8 Å². The van der Waals surface area contributed by atoms with E-state index in [1.165, 1.54) is 12.1 Å². The number of thioether (sulfide) groups is 1. The lowest BCUT2D eigenvalue weighted by Gasteiger charge is -2.05. The summed E-state index contributed by atoms with van der Waals surface area (Å²) < 4.78 is 12.8. The van der Waals surface area contributed by atoms with E-state index in [0.717, 1.165) is 42.1 Å². The number of guanidine groups is 1. The second kappa shape index (κ2) is 9.89. The van der Waals surface area contributed by atoms with Gasteiger partial charge >= 0.3 is 0 Å². The zero-order valence-electron chi connectivity index (χ0n) is 13.0. The largest absolute Gasteiger partial charge is 0.370 e. The van der Waals surface area contributed by atoms with Crippen LogP contribution in [0.3, 0.4) is 0 Å². The summed E-state index contributed by atoms with van der Waals surface area (Å²) in [5.41, 5.74) is 6.94. The molecule has 5 nitrogen and oxygen atoms in total. The van der Waals surface area contributed by atoms with E-state index in [-0.39, 0.29) is 5.82 Å². The first kappa shape index (κ1) is 17.3. The summed E-state index contributed by atoms with van der Waals surface area (Å²) in [5, 5.41) is 3.10. The zero-order valence-corrected chi connectivity index (χ0v) is 13.8. The first-order valence-electron chi connectivity index (χ1n) is 7.63. The van der Waals surface area contributed by atoms with E-state index in [2.05, 4.69) is 20.3 Å². The van der Waals surface area contributed by atoms with Crippen molar-refractivity contribution in [1.82, 2.24) is 15.3 Å². The summed E-state index contributed by atoms with van der Waals surface area (Å²) in [6.07, 6.45) is 6.35. The molecule has 0 atom stereocenters. The lowest BCUT2D eigenvalue weighted by Crippen LogP contribution is -2.32. The van der Waals surface area contributed by atoms with Crippen LogP contribution in [0.1, 0.15) is 18.5 Å². The fourth-order valence-electron chi connectivity index (χ4n) is 1.96. The van der Waals surface area contributed by atoms with Gasteiger partial charge in [-0.1, -0.05) is 0 Å². The Balaban J connectivity index is 1.51. The first-order valence-corrected chi connectivity index (χ1v) is 8.62. The summed E-state index contributed by atoms with van der Waals surface area (Å²) in [6, 6.07) is 6.54. The van der Waals surface area contributed by atoms with Gasteiger partial charge in [0.05, 0.1) is 6.33 Å². The second-order valence-corrected chi connectivity index (χ2v) is 6.20. The van der Waals surface area contributed by atoms with Crippen molar-refractivity contribution < 1.29 is 4.39 Å². The van der Waals surface area contributed by atoms with Gasteiger partial charge in [0.15, 0.2) is 5.96 Å². The molecule has 0 amide bonds. The average Bonchev–Trinajstić information content (AvgIpc) is 3.06. The molecule has 7 heteroatoms. The number of aryl methyl sites for hydroxylation is 1. The highest BCUT2D eigenvalue weighted by Crippen LogP contribution is 2.18. The molecule has 0 aliphatic rings. The Kier molecular flexibility index (Phi) is 7.45. The molecule has 0 bridgehead atoms. The van der Waals surface area contributed by atoms with Gasteiger partial charge in [-0.3, -0.25) is 4.99 Å². The number of halogens is 1. The van der Waals surface area contributed by atoms with Crippen molar-refractivity contribution in [2.24, 2.45) is 10.7 Å². The van der Waals surface area contributed by atoms with Crippen molar-refractivity contribution in [2.45, 2.75) is 24.2 Å². The molecule has 2 aromatic rings. The molecule has 23 heavy (non-hydrogen) atoms. The molecule has 1 aromatic carbocycles. The van der Waals surface area contributed by atoms with Gasteiger partial charge in [-0.25, -0.2) is 9.37 Å². The topological polar surface area (TPSA) is 79.1 Å². The van der Waals surface area contributed by atoms with Gasteiger partial charge in [0.25, 0.3) is 0 Å². The van der Waals surface area contributed by atoms with Crippen molar-refractivity contribution in [3.8, 4) is 0 Å². The van der Waals surface area contributed by atoms with Gasteiger partial charge in [-0.05, 0) is 49.3 Å². The number of H-pyrrole nitrogens is 1. The van der Waals surface area contributed by atoms with Gasteiger partial charge in [-0.15, -0.1) is 11.8 Å². The Morgan fingerprint density at radius 2 is 2.13 bits per heavy atom. The maximum absolute atomic E-state index is 12.8. The predicted molar refractivity (Wildman–Crippen MR) is 93.1 cm³/mol. The van der Waals surface area contributed by atoms with Gasteiger partial charge in [0.2, 0.25) is 0 Å². The van der Waals surface area contributed by atoms with Crippen molar-refractivity contribution in [2.75, 3.05) is 18.8 Å². The van der Waals surface area contributed by atoms with Crippen LogP contribution in [0.4, 0.5) is 4.39 Å². The summed E-state index contributed by atoms with van der Waals surface area (Å²) in [5.74, 6) is 1.22. The van der Waals surface area contributed by atoms with Gasteiger partial charge in [-0.2, -0.15) is 0 Å². The van der Waals surface area contributed by atoms with E-state index in [9.17, 15) is 4.39 Å². The van der Waals surface area contributed by atoms with Crippen molar-refractivity contribution in [1.29, 1.82) is 0 Å². The van der Waals surface area contributed by atoms with Crippen molar-refractivity contribution in [3.05, 3.63) is 48.3 Å². The smallest absolute Gasteiger partial charge is 0.188 e. The van der Waals surface area contributed by atoms with Gasteiger partial charge in [0.1, 0.15) is 5.82 Å².